The second-order valence-corrected chi connectivity index (χ2v) is 6.84. The number of rotatable bonds is 4. The molecule has 5 nitrogen and oxygen atoms in total. The second-order valence-electron chi connectivity index (χ2n) is 6.84. The number of imidazole rings is 1. The van der Waals surface area contributed by atoms with Crippen LogP contribution in [0, 0.1) is 5.82 Å². The summed E-state index contributed by atoms with van der Waals surface area (Å²) in [5.74, 6) is 0.620. The summed E-state index contributed by atoms with van der Waals surface area (Å²) >= 11 is 0. The summed E-state index contributed by atoms with van der Waals surface area (Å²) in [6.07, 6.45) is 7.42. The van der Waals surface area contributed by atoms with Crippen LogP contribution in [0.1, 0.15) is 40.6 Å². The van der Waals surface area contributed by atoms with Crippen LogP contribution in [0.25, 0.3) is 0 Å². The molecule has 1 saturated heterocycles. The molecule has 1 atom stereocenters. The van der Waals surface area contributed by atoms with Gasteiger partial charge in [0.25, 0.3) is 5.91 Å². The number of aromatic nitrogens is 3. The monoisotopic (exact) mass is 364 g/mol. The lowest BCUT2D eigenvalue weighted by molar-refractivity contribution is 0.0703. The van der Waals surface area contributed by atoms with E-state index < -0.39 is 0 Å². The summed E-state index contributed by atoms with van der Waals surface area (Å²) in [6, 6.07) is 11.7. The van der Waals surface area contributed by atoms with Crippen molar-refractivity contribution in [2.75, 3.05) is 13.1 Å². The Kier molecular flexibility index (Phi) is 4.96. The maximum atomic E-state index is 13.5. The van der Waals surface area contributed by atoms with Crippen molar-refractivity contribution < 1.29 is 9.18 Å². The van der Waals surface area contributed by atoms with E-state index >= 15 is 0 Å². The van der Waals surface area contributed by atoms with Gasteiger partial charge >= 0.3 is 0 Å². The third-order valence-electron chi connectivity index (χ3n) is 4.95. The number of pyridine rings is 1. The van der Waals surface area contributed by atoms with E-state index in [1.807, 2.05) is 29.3 Å². The Labute approximate surface area is 157 Å². The lowest BCUT2D eigenvalue weighted by Gasteiger charge is -2.32. The SMILES string of the molecule is O=C(c1cccc(F)c1)N1CCC[C@@H](c2nccn2Cc2ccccn2)C1. The van der Waals surface area contributed by atoms with Crippen molar-refractivity contribution in [1.29, 1.82) is 0 Å². The fourth-order valence-electron chi connectivity index (χ4n) is 3.66. The molecule has 1 aromatic carbocycles. The number of nitrogens with zero attached hydrogens (tertiary/aromatic N) is 4. The first-order valence-corrected chi connectivity index (χ1v) is 9.16. The number of hydrogen-bond acceptors (Lipinski definition) is 3. The van der Waals surface area contributed by atoms with E-state index in [-0.39, 0.29) is 17.6 Å². The average Bonchev–Trinajstić information content (AvgIpc) is 3.16. The molecule has 0 N–H and O–H groups in total. The molecule has 0 aliphatic carbocycles. The van der Waals surface area contributed by atoms with Crippen LogP contribution in [0.3, 0.4) is 0 Å². The average molecular weight is 364 g/mol. The lowest BCUT2D eigenvalue weighted by Crippen LogP contribution is -2.39. The van der Waals surface area contributed by atoms with Gasteiger partial charge in [-0.3, -0.25) is 9.78 Å². The third kappa shape index (κ3) is 3.89. The van der Waals surface area contributed by atoms with Crippen molar-refractivity contribution in [2.24, 2.45) is 0 Å². The fourth-order valence-corrected chi connectivity index (χ4v) is 3.66. The minimum absolute atomic E-state index is 0.123. The normalized spacial score (nSPS) is 17.1. The Morgan fingerprint density at radius 3 is 2.89 bits per heavy atom. The zero-order valence-corrected chi connectivity index (χ0v) is 15.0. The number of hydrogen-bond donors (Lipinski definition) is 0. The van der Waals surface area contributed by atoms with Crippen molar-refractivity contribution in [1.82, 2.24) is 19.4 Å². The molecular formula is C21H21FN4O. The van der Waals surface area contributed by atoms with Gasteiger partial charge in [0.2, 0.25) is 0 Å². The molecular weight excluding hydrogens is 343 g/mol. The van der Waals surface area contributed by atoms with Crippen LogP contribution >= 0.6 is 0 Å². The van der Waals surface area contributed by atoms with Crippen molar-refractivity contribution in [3.8, 4) is 0 Å². The van der Waals surface area contributed by atoms with Gasteiger partial charge in [0.15, 0.2) is 0 Å². The number of benzene rings is 1. The predicted octanol–water partition coefficient (Wildman–Crippen LogP) is 3.49. The van der Waals surface area contributed by atoms with Crippen molar-refractivity contribution in [2.45, 2.75) is 25.3 Å². The van der Waals surface area contributed by atoms with Gasteiger partial charge in [0.1, 0.15) is 11.6 Å². The highest BCUT2D eigenvalue weighted by Gasteiger charge is 2.28. The van der Waals surface area contributed by atoms with Crippen LogP contribution in [0.2, 0.25) is 0 Å². The molecule has 27 heavy (non-hydrogen) atoms. The molecule has 0 unspecified atom stereocenters. The number of halogens is 1. The van der Waals surface area contributed by atoms with Gasteiger partial charge in [-0.2, -0.15) is 0 Å². The van der Waals surface area contributed by atoms with E-state index in [1.165, 1.54) is 12.1 Å². The first-order chi connectivity index (χ1) is 13.2. The Hall–Kier alpha value is -3.02. The number of carbonyl (C=O) groups is 1. The summed E-state index contributed by atoms with van der Waals surface area (Å²) in [4.78, 5) is 23.5. The van der Waals surface area contributed by atoms with Crippen LogP contribution in [0.5, 0.6) is 0 Å². The smallest absolute Gasteiger partial charge is 0.253 e. The maximum absolute atomic E-state index is 13.5. The lowest BCUT2D eigenvalue weighted by atomic mass is 9.96. The van der Waals surface area contributed by atoms with E-state index in [4.69, 9.17) is 0 Å². The van der Waals surface area contributed by atoms with Crippen LogP contribution in [-0.4, -0.2) is 38.4 Å². The van der Waals surface area contributed by atoms with E-state index in [0.717, 1.165) is 24.4 Å². The Bertz CT molecular complexity index is 925. The third-order valence-corrected chi connectivity index (χ3v) is 4.95. The Morgan fingerprint density at radius 2 is 2.07 bits per heavy atom. The Morgan fingerprint density at radius 1 is 1.15 bits per heavy atom. The molecule has 4 rings (SSSR count). The largest absolute Gasteiger partial charge is 0.338 e. The fraction of sp³-hybridized carbons (Fsp3) is 0.286. The topological polar surface area (TPSA) is 51.0 Å². The zero-order chi connectivity index (χ0) is 18.6. The van der Waals surface area contributed by atoms with Crippen LogP contribution < -0.4 is 0 Å². The van der Waals surface area contributed by atoms with Crippen molar-refractivity contribution >= 4 is 5.91 Å². The second kappa shape index (κ2) is 7.70. The highest BCUT2D eigenvalue weighted by molar-refractivity contribution is 5.94. The van der Waals surface area contributed by atoms with Crippen LogP contribution in [0.15, 0.2) is 61.1 Å². The number of piperidine rings is 1. The van der Waals surface area contributed by atoms with Crippen LogP contribution in [-0.2, 0) is 6.54 Å². The van der Waals surface area contributed by atoms with E-state index in [2.05, 4.69) is 14.5 Å². The van der Waals surface area contributed by atoms with E-state index in [9.17, 15) is 9.18 Å². The number of likely N-dealkylation sites (tertiary alicyclic amines) is 1. The summed E-state index contributed by atoms with van der Waals surface area (Å²) in [5.41, 5.74) is 1.37. The molecule has 1 fully saturated rings. The maximum Gasteiger partial charge on any atom is 0.253 e. The molecule has 6 heteroatoms. The van der Waals surface area contributed by atoms with Gasteiger partial charge in [-0.15, -0.1) is 0 Å². The molecule has 0 saturated carbocycles. The molecule has 0 bridgehead atoms. The molecule has 3 heterocycles. The molecule has 1 amide bonds. The summed E-state index contributed by atoms with van der Waals surface area (Å²) in [7, 11) is 0. The minimum Gasteiger partial charge on any atom is -0.338 e. The zero-order valence-electron chi connectivity index (χ0n) is 15.0. The van der Waals surface area contributed by atoms with E-state index in [1.54, 1.807) is 24.5 Å². The Balaban J connectivity index is 1.51. The summed E-state index contributed by atoms with van der Waals surface area (Å²) in [6.45, 7) is 1.94. The molecule has 2 aromatic heterocycles. The van der Waals surface area contributed by atoms with Crippen molar-refractivity contribution in [3.05, 3.63) is 84.0 Å². The van der Waals surface area contributed by atoms with Gasteiger partial charge in [-0.1, -0.05) is 12.1 Å². The number of carbonyl (C=O) groups excluding carboxylic acids is 1. The molecule has 138 valence electrons. The van der Waals surface area contributed by atoms with Gasteiger partial charge in [-0.05, 0) is 43.2 Å². The quantitative estimate of drug-likeness (QED) is 0.712. The number of amides is 1. The molecule has 0 spiro atoms. The molecule has 3 aromatic rings. The molecule has 0 radical (unpaired) electrons. The van der Waals surface area contributed by atoms with Crippen molar-refractivity contribution in [3.63, 3.8) is 0 Å². The highest BCUT2D eigenvalue weighted by Crippen LogP contribution is 2.27. The van der Waals surface area contributed by atoms with Gasteiger partial charge in [-0.25, -0.2) is 9.37 Å². The predicted molar refractivity (Wildman–Crippen MR) is 99.8 cm³/mol. The van der Waals surface area contributed by atoms with Crippen LogP contribution in [0.4, 0.5) is 4.39 Å². The molecule has 1 aliphatic heterocycles. The van der Waals surface area contributed by atoms with Gasteiger partial charge < -0.3 is 9.47 Å². The first-order valence-electron chi connectivity index (χ1n) is 9.16. The summed E-state index contributed by atoms with van der Waals surface area (Å²) < 4.78 is 15.6. The minimum atomic E-state index is -0.389. The van der Waals surface area contributed by atoms with E-state index in [0.29, 0.717) is 25.2 Å². The standard InChI is InChI=1S/C21H21FN4O/c22-18-7-3-5-16(13-18)21(27)26-11-4-6-17(14-26)20-24-10-12-25(20)15-19-8-1-2-9-23-19/h1-3,5,7-10,12-13,17H,4,6,11,14-15H2/t17-/m1/s1. The van der Waals surface area contributed by atoms with Gasteiger partial charge in [0.05, 0.1) is 12.2 Å². The van der Waals surface area contributed by atoms with Gasteiger partial charge in [0, 0.05) is 43.2 Å². The molecule has 1 aliphatic rings. The summed E-state index contributed by atoms with van der Waals surface area (Å²) in [5, 5.41) is 0. The highest BCUT2D eigenvalue weighted by atomic mass is 19.1. The first kappa shape index (κ1) is 17.4.